The van der Waals surface area contributed by atoms with Crippen LogP contribution < -0.4 is 0 Å². The zero-order chi connectivity index (χ0) is 16.3. The molecule has 0 radical (unpaired) electrons. The molecule has 1 aliphatic rings. The van der Waals surface area contributed by atoms with Crippen molar-refractivity contribution in [3.8, 4) is 0 Å². The second kappa shape index (κ2) is 7.34. The molecule has 1 rings (SSSR count). The van der Waals surface area contributed by atoms with E-state index in [-0.39, 0.29) is 0 Å². The minimum absolute atomic E-state index is 0.400. The Morgan fingerprint density at radius 2 is 1.90 bits per heavy atom. The van der Waals surface area contributed by atoms with Crippen molar-refractivity contribution in [2.24, 2.45) is 28.6 Å². The summed E-state index contributed by atoms with van der Waals surface area (Å²) in [7, 11) is 0. The predicted octanol–water partition coefficient (Wildman–Crippen LogP) is 7.25. The van der Waals surface area contributed by atoms with Crippen molar-refractivity contribution in [3.05, 3.63) is 12.2 Å². The molecule has 0 aromatic carbocycles. The van der Waals surface area contributed by atoms with E-state index in [9.17, 15) is 0 Å². The first-order valence-electron chi connectivity index (χ1n) is 9.34. The van der Waals surface area contributed by atoms with Gasteiger partial charge in [0.05, 0.1) is 0 Å². The summed E-state index contributed by atoms with van der Waals surface area (Å²) in [6, 6.07) is 0. The monoisotopic (exact) mass is 292 g/mol. The molecule has 1 saturated carbocycles. The molecule has 0 aromatic heterocycles. The van der Waals surface area contributed by atoms with Gasteiger partial charge >= 0.3 is 0 Å². The van der Waals surface area contributed by atoms with Gasteiger partial charge in [-0.25, -0.2) is 0 Å². The van der Waals surface area contributed by atoms with E-state index >= 15 is 0 Å². The fraction of sp³-hybridized carbons (Fsp3) is 0.905. The third kappa shape index (κ3) is 4.86. The average Bonchev–Trinajstić information content (AvgIpc) is 3.07. The highest BCUT2D eigenvalue weighted by atomic mass is 14.6. The molecule has 0 spiro atoms. The molecule has 0 aliphatic heterocycles. The minimum Gasteiger partial charge on any atom is -0.0998 e. The number of rotatable bonds is 10. The zero-order valence-corrected chi connectivity index (χ0v) is 15.9. The summed E-state index contributed by atoms with van der Waals surface area (Å²) in [5, 5.41) is 0. The quantitative estimate of drug-likeness (QED) is 0.372. The van der Waals surface area contributed by atoms with Crippen molar-refractivity contribution in [3.63, 3.8) is 0 Å². The topological polar surface area (TPSA) is 0 Å². The second-order valence-corrected chi connectivity index (χ2v) is 8.88. The van der Waals surface area contributed by atoms with E-state index in [0.717, 1.165) is 17.8 Å². The van der Waals surface area contributed by atoms with Crippen molar-refractivity contribution in [2.75, 3.05) is 0 Å². The summed E-state index contributed by atoms with van der Waals surface area (Å²) in [6.45, 7) is 21.2. The molecule has 1 fully saturated rings. The molecule has 4 unspecified atom stereocenters. The Bertz CT molecular complexity index is 338. The maximum atomic E-state index is 4.43. The van der Waals surface area contributed by atoms with E-state index in [1.165, 1.54) is 50.5 Å². The van der Waals surface area contributed by atoms with Crippen LogP contribution in [-0.4, -0.2) is 0 Å². The molecule has 1 aliphatic carbocycles. The fourth-order valence-corrected chi connectivity index (χ4v) is 4.07. The third-order valence-corrected chi connectivity index (χ3v) is 6.74. The van der Waals surface area contributed by atoms with Gasteiger partial charge in [0.2, 0.25) is 0 Å². The summed E-state index contributed by atoms with van der Waals surface area (Å²) in [5.41, 5.74) is 2.49. The van der Waals surface area contributed by atoms with Gasteiger partial charge in [-0.1, -0.05) is 79.9 Å². The number of hydrogen-bond donors (Lipinski definition) is 0. The Morgan fingerprint density at radius 1 is 1.29 bits per heavy atom. The predicted molar refractivity (Wildman–Crippen MR) is 96.5 cm³/mol. The van der Waals surface area contributed by atoms with Crippen LogP contribution in [0.2, 0.25) is 0 Å². The summed E-state index contributed by atoms with van der Waals surface area (Å²) < 4.78 is 0. The maximum Gasteiger partial charge on any atom is -0.0266 e. The van der Waals surface area contributed by atoms with Gasteiger partial charge in [0.1, 0.15) is 0 Å². The fourth-order valence-electron chi connectivity index (χ4n) is 4.07. The summed E-state index contributed by atoms with van der Waals surface area (Å²) >= 11 is 0. The van der Waals surface area contributed by atoms with Crippen LogP contribution in [-0.2, 0) is 0 Å². The molecule has 0 heterocycles. The lowest BCUT2D eigenvalue weighted by Gasteiger charge is -2.33. The van der Waals surface area contributed by atoms with Crippen LogP contribution in [0.15, 0.2) is 12.2 Å². The minimum atomic E-state index is 0.400. The molecule has 0 amide bonds. The average molecular weight is 293 g/mol. The van der Waals surface area contributed by atoms with Crippen LogP contribution in [0, 0.1) is 28.6 Å². The van der Waals surface area contributed by atoms with E-state index in [2.05, 4.69) is 55.0 Å². The Morgan fingerprint density at radius 3 is 2.43 bits per heavy atom. The van der Waals surface area contributed by atoms with Crippen molar-refractivity contribution in [1.29, 1.82) is 0 Å². The Labute approximate surface area is 134 Å². The van der Waals surface area contributed by atoms with Crippen LogP contribution in [0.1, 0.15) is 93.4 Å². The summed E-state index contributed by atoms with van der Waals surface area (Å²) in [4.78, 5) is 0. The van der Waals surface area contributed by atoms with E-state index in [0.29, 0.717) is 10.8 Å². The van der Waals surface area contributed by atoms with Crippen LogP contribution in [0.5, 0.6) is 0 Å². The smallest absolute Gasteiger partial charge is 0.0266 e. The van der Waals surface area contributed by atoms with Crippen LogP contribution in [0.3, 0.4) is 0 Å². The lowest BCUT2D eigenvalue weighted by atomic mass is 9.72. The molecular formula is C21H40. The van der Waals surface area contributed by atoms with Gasteiger partial charge in [-0.05, 0) is 54.3 Å². The van der Waals surface area contributed by atoms with E-state index in [1.807, 2.05) is 0 Å². The largest absolute Gasteiger partial charge is 0.0998 e. The van der Waals surface area contributed by atoms with Crippen LogP contribution in [0.4, 0.5) is 0 Å². The summed E-state index contributed by atoms with van der Waals surface area (Å²) in [5.74, 6) is 2.57. The SMILES string of the molecule is C=C(CC(C)C1(C)CC1CCCC)CC(C)(C)C(C)CC. The van der Waals surface area contributed by atoms with E-state index in [4.69, 9.17) is 0 Å². The van der Waals surface area contributed by atoms with Crippen LogP contribution in [0.25, 0.3) is 0 Å². The van der Waals surface area contributed by atoms with Gasteiger partial charge in [0, 0.05) is 0 Å². The highest BCUT2D eigenvalue weighted by molar-refractivity contribution is 5.08. The maximum absolute atomic E-state index is 4.43. The molecule has 0 saturated heterocycles. The molecule has 0 bridgehead atoms. The first-order valence-corrected chi connectivity index (χ1v) is 9.34. The molecule has 0 aromatic rings. The third-order valence-electron chi connectivity index (χ3n) is 6.74. The highest BCUT2D eigenvalue weighted by Gasteiger charge is 2.52. The number of hydrogen-bond acceptors (Lipinski definition) is 0. The molecular weight excluding hydrogens is 252 g/mol. The number of allylic oxidation sites excluding steroid dienone is 1. The van der Waals surface area contributed by atoms with Gasteiger partial charge in [-0.2, -0.15) is 0 Å². The molecule has 124 valence electrons. The summed E-state index contributed by atoms with van der Waals surface area (Å²) in [6.07, 6.45) is 9.36. The molecule has 4 atom stereocenters. The van der Waals surface area contributed by atoms with E-state index in [1.54, 1.807) is 0 Å². The van der Waals surface area contributed by atoms with Crippen molar-refractivity contribution < 1.29 is 0 Å². The first-order chi connectivity index (χ1) is 9.67. The molecule has 0 heteroatoms. The Kier molecular flexibility index (Phi) is 6.56. The normalized spacial score (nSPS) is 28.2. The van der Waals surface area contributed by atoms with Crippen molar-refractivity contribution in [2.45, 2.75) is 93.4 Å². The molecule has 0 nitrogen and oxygen atoms in total. The Balaban J connectivity index is 2.45. The zero-order valence-electron chi connectivity index (χ0n) is 15.9. The standard InChI is InChI=1S/C21H40/c1-9-11-12-19-15-21(19,8)18(5)13-16(3)14-20(6,7)17(4)10-2/h17-19H,3,9-15H2,1-2,4-8H3. The molecule has 0 N–H and O–H groups in total. The van der Waals surface area contributed by atoms with E-state index < -0.39 is 0 Å². The van der Waals surface area contributed by atoms with Gasteiger partial charge < -0.3 is 0 Å². The van der Waals surface area contributed by atoms with Crippen molar-refractivity contribution in [1.82, 2.24) is 0 Å². The van der Waals surface area contributed by atoms with Gasteiger partial charge in [-0.3, -0.25) is 0 Å². The Hall–Kier alpha value is -0.260. The van der Waals surface area contributed by atoms with Gasteiger partial charge in [-0.15, -0.1) is 0 Å². The number of unbranched alkanes of at least 4 members (excludes halogenated alkanes) is 1. The van der Waals surface area contributed by atoms with Gasteiger partial charge in [0.15, 0.2) is 0 Å². The molecule has 21 heavy (non-hydrogen) atoms. The highest BCUT2D eigenvalue weighted by Crippen LogP contribution is 2.61. The van der Waals surface area contributed by atoms with Crippen molar-refractivity contribution >= 4 is 0 Å². The second-order valence-electron chi connectivity index (χ2n) is 8.88. The first kappa shape index (κ1) is 18.8. The van der Waals surface area contributed by atoms with Crippen LogP contribution >= 0.6 is 0 Å². The lowest BCUT2D eigenvalue weighted by Crippen LogP contribution is -2.22. The van der Waals surface area contributed by atoms with Gasteiger partial charge in [0.25, 0.3) is 0 Å². The lowest BCUT2D eigenvalue weighted by molar-refractivity contribution is 0.215.